The van der Waals surface area contributed by atoms with Crippen molar-refractivity contribution in [2.24, 2.45) is 0 Å². The molecule has 0 radical (unpaired) electrons. The molecule has 2 rings (SSSR count). The molecule has 1 aliphatic heterocycles. The van der Waals surface area contributed by atoms with Crippen LogP contribution in [0.1, 0.15) is 12.5 Å². The van der Waals surface area contributed by atoms with E-state index in [2.05, 4.69) is 10.6 Å². The molecule has 1 amide bonds. The third kappa shape index (κ3) is 2.81. The molecule has 5 nitrogen and oxygen atoms in total. The Morgan fingerprint density at radius 3 is 2.58 bits per heavy atom. The van der Waals surface area contributed by atoms with Gasteiger partial charge in [0.2, 0.25) is 5.91 Å². The Balaban J connectivity index is 2.20. The standard InChI is InChI=1S/C14H20N2O3/c1-14(13(17)15-6-7-16-14)9-10-4-5-11(18-2)12(8-10)19-3/h4-5,8,16H,6-7,9H2,1-3H3,(H,15,17). The predicted molar refractivity (Wildman–Crippen MR) is 72.7 cm³/mol. The van der Waals surface area contributed by atoms with Crippen molar-refractivity contribution in [1.82, 2.24) is 10.6 Å². The highest BCUT2D eigenvalue weighted by molar-refractivity contribution is 5.87. The van der Waals surface area contributed by atoms with E-state index < -0.39 is 5.54 Å². The number of piperazine rings is 1. The van der Waals surface area contributed by atoms with E-state index in [9.17, 15) is 4.79 Å². The minimum Gasteiger partial charge on any atom is -0.493 e. The molecule has 2 N–H and O–H groups in total. The molecule has 0 saturated carbocycles. The van der Waals surface area contributed by atoms with E-state index in [1.54, 1.807) is 14.2 Å². The van der Waals surface area contributed by atoms with Crippen LogP contribution in [0.25, 0.3) is 0 Å². The highest BCUT2D eigenvalue weighted by Gasteiger charge is 2.35. The van der Waals surface area contributed by atoms with Crippen LogP contribution in [-0.2, 0) is 11.2 Å². The van der Waals surface area contributed by atoms with Crippen molar-refractivity contribution in [3.8, 4) is 11.5 Å². The molecule has 0 bridgehead atoms. The van der Waals surface area contributed by atoms with E-state index >= 15 is 0 Å². The number of hydrogen-bond donors (Lipinski definition) is 2. The van der Waals surface area contributed by atoms with Crippen molar-refractivity contribution >= 4 is 5.91 Å². The van der Waals surface area contributed by atoms with Gasteiger partial charge in [0.25, 0.3) is 0 Å². The fraction of sp³-hybridized carbons (Fsp3) is 0.500. The van der Waals surface area contributed by atoms with Crippen LogP contribution < -0.4 is 20.1 Å². The number of amides is 1. The van der Waals surface area contributed by atoms with Crippen molar-refractivity contribution in [3.05, 3.63) is 23.8 Å². The zero-order chi connectivity index (χ0) is 13.9. The van der Waals surface area contributed by atoms with Gasteiger partial charge in [0.1, 0.15) is 0 Å². The molecular formula is C14H20N2O3. The van der Waals surface area contributed by atoms with Crippen LogP contribution in [0.5, 0.6) is 11.5 Å². The van der Waals surface area contributed by atoms with Crippen molar-refractivity contribution in [3.63, 3.8) is 0 Å². The third-order valence-corrected chi connectivity index (χ3v) is 3.43. The Labute approximate surface area is 113 Å². The van der Waals surface area contributed by atoms with Gasteiger partial charge in [-0.25, -0.2) is 0 Å². The summed E-state index contributed by atoms with van der Waals surface area (Å²) in [5.41, 5.74) is 0.461. The first-order chi connectivity index (χ1) is 9.09. The summed E-state index contributed by atoms with van der Waals surface area (Å²) in [6.45, 7) is 3.38. The van der Waals surface area contributed by atoms with Gasteiger partial charge in [-0.1, -0.05) is 6.07 Å². The lowest BCUT2D eigenvalue weighted by molar-refractivity contribution is -0.128. The predicted octanol–water partition coefficient (Wildman–Crippen LogP) is 0.724. The molecular weight excluding hydrogens is 244 g/mol. The molecule has 1 unspecified atom stereocenters. The summed E-state index contributed by atoms with van der Waals surface area (Å²) >= 11 is 0. The number of rotatable bonds is 4. The lowest BCUT2D eigenvalue weighted by Gasteiger charge is -2.34. The Bertz CT molecular complexity index is 476. The summed E-state index contributed by atoms with van der Waals surface area (Å²) in [5.74, 6) is 1.41. The molecule has 1 aliphatic rings. The SMILES string of the molecule is COc1ccc(CC2(C)NCCNC2=O)cc1OC. The Morgan fingerprint density at radius 1 is 1.21 bits per heavy atom. The molecule has 1 aromatic rings. The Hall–Kier alpha value is -1.75. The topological polar surface area (TPSA) is 59.6 Å². The van der Waals surface area contributed by atoms with Crippen molar-refractivity contribution in [2.75, 3.05) is 27.3 Å². The number of hydrogen-bond acceptors (Lipinski definition) is 4. The van der Waals surface area contributed by atoms with E-state index in [1.165, 1.54) is 0 Å². The molecule has 19 heavy (non-hydrogen) atoms. The van der Waals surface area contributed by atoms with Gasteiger partial charge in [0.05, 0.1) is 19.8 Å². The van der Waals surface area contributed by atoms with Crippen LogP contribution >= 0.6 is 0 Å². The summed E-state index contributed by atoms with van der Waals surface area (Å²) in [6.07, 6.45) is 0.610. The zero-order valence-electron chi connectivity index (χ0n) is 11.6. The van der Waals surface area contributed by atoms with E-state index in [0.717, 1.165) is 12.1 Å². The number of ether oxygens (including phenoxy) is 2. The van der Waals surface area contributed by atoms with Crippen LogP contribution in [0.3, 0.4) is 0 Å². The largest absolute Gasteiger partial charge is 0.493 e. The van der Waals surface area contributed by atoms with E-state index in [0.29, 0.717) is 24.5 Å². The lowest BCUT2D eigenvalue weighted by atomic mass is 9.90. The van der Waals surface area contributed by atoms with E-state index in [4.69, 9.17) is 9.47 Å². The van der Waals surface area contributed by atoms with Gasteiger partial charge in [0, 0.05) is 13.1 Å². The van der Waals surface area contributed by atoms with Gasteiger partial charge < -0.3 is 20.1 Å². The number of benzene rings is 1. The van der Waals surface area contributed by atoms with Gasteiger partial charge in [0.15, 0.2) is 11.5 Å². The van der Waals surface area contributed by atoms with Crippen LogP contribution in [0.4, 0.5) is 0 Å². The maximum Gasteiger partial charge on any atom is 0.240 e. The number of nitrogens with one attached hydrogen (secondary N) is 2. The fourth-order valence-electron chi connectivity index (χ4n) is 2.33. The summed E-state index contributed by atoms with van der Waals surface area (Å²) in [5, 5.41) is 6.16. The molecule has 1 aromatic carbocycles. The first-order valence-corrected chi connectivity index (χ1v) is 6.33. The second-order valence-electron chi connectivity index (χ2n) is 4.88. The smallest absolute Gasteiger partial charge is 0.240 e. The van der Waals surface area contributed by atoms with Crippen LogP contribution in [0, 0.1) is 0 Å². The molecule has 0 aliphatic carbocycles. The lowest BCUT2D eigenvalue weighted by Crippen LogP contribution is -2.62. The quantitative estimate of drug-likeness (QED) is 0.841. The summed E-state index contributed by atoms with van der Waals surface area (Å²) < 4.78 is 10.5. The van der Waals surface area contributed by atoms with Crippen LogP contribution in [0.2, 0.25) is 0 Å². The third-order valence-electron chi connectivity index (χ3n) is 3.43. The van der Waals surface area contributed by atoms with Crippen LogP contribution in [-0.4, -0.2) is 38.8 Å². The molecule has 0 aromatic heterocycles. The summed E-state index contributed by atoms with van der Waals surface area (Å²) in [6, 6.07) is 5.72. The second-order valence-corrected chi connectivity index (χ2v) is 4.88. The second kappa shape index (κ2) is 5.48. The monoisotopic (exact) mass is 264 g/mol. The Kier molecular flexibility index (Phi) is 3.95. The van der Waals surface area contributed by atoms with Crippen LogP contribution in [0.15, 0.2) is 18.2 Å². The molecule has 0 spiro atoms. The average molecular weight is 264 g/mol. The first-order valence-electron chi connectivity index (χ1n) is 6.33. The molecule has 1 heterocycles. The van der Waals surface area contributed by atoms with Crippen molar-refractivity contribution in [1.29, 1.82) is 0 Å². The maximum absolute atomic E-state index is 12.0. The molecule has 5 heteroatoms. The number of carbonyl (C=O) groups is 1. The first kappa shape index (κ1) is 13.7. The van der Waals surface area contributed by atoms with Gasteiger partial charge in [-0.2, -0.15) is 0 Å². The van der Waals surface area contributed by atoms with Crippen molar-refractivity contribution < 1.29 is 14.3 Å². The average Bonchev–Trinajstić information content (AvgIpc) is 2.42. The molecule has 1 fully saturated rings. The highest BCUT2D eigenvalue weighted by Crippen LogP contribution is 2.29. The molecule has 1 saturated heterocycles. The molecule has 104 valence electrons. The number of carbonyl (C=O) groups excluding carboxylic acids is 1. The summed E-state index contributed by atoms with van der Waals surface area (Å²) in [4.78, 5) is 12.0. The van der Waals surface area contributed by atoms with Gasteiger partial charge >= 0.3 is 0 Å². The normalized spacial score (nSPS) is 22.8. The van der Waals surface area contributed by atoms with Gasteiger partial charge in [-0.05, 0) is 31.0 Å². The highest BCUT2D eigenvalue weighted by atomic mass is 16.5. The van der Waals surface area contributed by atoms with Gasteiger partial charge in [-0.15, -0.1) is 0 Å². The fourth-order valence-corrected chi connectivity index (χ4v) is 2.33. The van der Waals surface area contributed by atoms with Crippen molar-refractivity contribution in [2.45, 2.75) is 18.9 Å². The minimum atomic E-state index is -0.572. The maximum atomic E-state index is 12.0. The summed E-state index contributed by atoms with van der Waals surface area (Å²) in [7, 11) is 3.21. The zero-order valence-corrected chi connectivity index (χ0v) is 11.6. The minimum absolute atomic E-state index is 0.0357. The number of methoxy groups -OCH3 is 2. The van der Waals surface area contributed by atoms with E-state index in [1.807, 2.05) is 25.1 Å². The van der Waals surface area contributed by atoms with Gasteiger partial charge in [-0.3, -0.25) is 4.79 Å². The Morgan fingerprint density at radius 2 is 1.95 bits per heavy atom. The molecule has 1 atom stereocenters. The van der Waals surface area contributed by atoms with E-state index in [-0.39, 0.29) is 5.91 Å².